The number of morpholine rings is 1. The van der Waals surface area contributed by atoms with Crippen LogP contribution in [0.1, 0.15) is 25.5 Å². The van der Waals surface area contributed by atoms with Crippen LogP contribution in [0.4, 0.5) is 4.79 Å². The van der Waals surface area contributed by atoms with E-state index in [0.717, 1.165) is 16.7 Å². The van der Waals surface area contributed by atoms with Gasteiger partial charge in [-0.25, -0.2) is 4.79 Å². The van der Waals surface area contributed by atoms with Crippen molar-refractivity contribution in [3.05, 3.63) is 54.4 Å². The van der Waals surface area contributed by atoms with E-state index in [1.807, 2.05) is 30.9 Å². The van der Waals surface area contributed by atoms with Crippen LogP contribution < -0.4 is 5.32 Å². The molecule has 0 radical (unpaired) electrons. The second kappa shape index (κ2) is 7.45. The maximum Gasteiger partial charge on any atom is 0.318 e. The minimum Gasteiger partial charge on any atom is -0.377 e. The number of nitrogens with one attached hydrogen (secondary N) is 1. The molecule has 2 atom stereocenters. The van der Waals surface area contributed by atoms with E-state index in [-0.39, 0.29) is 18.1 Å². The van der Waals surface area contributed by atoms with Crippen LogP contribution in [0.5, 0.6) is 0 Å². The molecule has 3 rings (SSSR count). The first-order valence-corrected chi connectivity index (χ1v) is 8.30. The van der Waals surface area contributed by atoms with Gasteiger partial charge in [-0.2, -0.15) is 0 Å². The van der Waals surface area contributed by atoms with Crippen LogP contribution in [0.25, 0.3) is 11.1 Å². The number of urea groups is 1. The molecule has 1 aromatic heterocycles. The van der Waals surface area contributed by atoms with E-state index in [9.17, 15) is 4.79 Å². The van der Waals surface area contributed by atoms with Crippen molar-refractivity contribution in [1.82, 2.24) is 15.2 Å². The summed E-state index contributed by atoms with van der Waals surface area (Å²) in [4.78, 5) is 18.3. The number of carbonyl (C=O) groups excluding carboxylic acids is 1. The Bertz CT molecular complexity index is 673. The normalized spacial score (nSPS) is 18.9. The van der Waals surface area contributed by atoms with Gasteiger partial charge in [-0.3, -0.25) is 4.98 Å². The van der Waals surface area contributed by atoms with Gasteiger partial charge in [0.2, 0.25) is 0 Å². The van der Waals surface area contributed by atoms with Crippen LogP contribution in [0.2, 0.25) is 0 Å². The minimum absolute atomic E-state index is 0.0310. The van der Waals surface area contributed by atoms with Crippen LogP contribution in [-0.4, -0.2) is 41.7 Å². The standard InChI is InChI=1S/C19H23N3O2/c1-14-13-24-12-11-22(14)19(23)21-15(2)16-3-5-17(6-4-16)18-7-9-20-10-8-18/h3-10,14-15H,11-13H2,1-2H3,(H,21,23). The zero-order chi connectivity index (χ0) is 16.9. The van der Waals surface area contributed by atoms with Crippen LogP contribution in [0, 0.1) is 0 Å². The molecule has 2 heterocycles. The van der Waals surface area contributed by atoms with Crippen molar-refractivity contribution in [2.24, 2.45) is 0 Å². The smallest absolute Gasteiger partial charge is 0.318 e. The van der Waals surface area contributed by atoms with Gasteiger partial charge in [-0.1, -0.05) is 24.3 Å². The molecule has 5 nitrogen and oxygen atoms in total. The lowest BCUT2D eigenvalue weighted by Gasteiger charge is -2.34. The van der Waals surface area contributed by atoms with E-state index < -0.39 is 0 Å². The fraction of sp³-hybridized carbons (Fsp3) is 0.368. The summed E-state index contributed by atoms with van der Waals surface area (Å²) in [6.07, 6.45) is 3.57. The number of carbonyl (C=O) groups is 1. The summed E-state index contributed by atoms with van der Waals surface area (Å²) < 4.78 is 5.38. The number of amides is 2. The third-order valence-corrected chi connectivity index (χ3v) is 4.39. The Labute approximate surface area is 142 Å². The van der Waals surface area contributed by atoms with E-state index in [0.29, 0.717) is 19.8 Å². The van der Waals surface area contributed by atoms with Crippen molar-refractivity contribution in [3.63, 3.8) is 0 Å². The molecule has 0 saturated carbocycles. The van der Waals surface area contributed by atoms with E-state index in [2.05, 4.69) is 34.6 Å². The number of nitrogens with zero attached hydrogens (tertiary/aromatic N) is 2. The quantitative estimate of drug-likeness (QED) is 0.942. The third kappa shape index (κ3) is 3.74. The lowest BCUT2D eigenvalue weighted by atomic mass is 10.0. The molecule has 2 aromatic rings. The van der Waals surface area contributed by atoms with Crippen molar-refractivity contribution >= 4 is 6.03 Å². The van der Waals surface area contributed by atoms with Gasteiger partial charge in [0.15, 0.2) is 0 Å². The number of hydrogen-bond acceptors (Lipinski definition) is 3. The van der Waals surface area contributed by atoms with E-state index in [4.69, 9.17) is 4.74 Å². The van der Waals surface area contributed by atoms with Gasteiger partial charge in [-0.15, -0.1) is 0 Å². The first-order chi connectivity index (χ1) is 11.6. The Balaban J connectivity index is 1.64. The van der Waals surface area contributed by atoms with Crippen molar-refractivity contribution in [2.75, 3.05) is 19.8 Å². The molecule has 5 heteroatoms. The molecule has 1 fully saturated rings. The topological polar surface area (TPSA) is 54.5 Å². The molecule has 24 heavy (non-hydrogen) atoms. The highest BCUT2D eigenvalue weighted by Crippen LogP contribution is 2.21. The van der Waals surface area contributed by atoms with Gasteiger partial charge in [0.1, 0.15) is 0 Å². The number of hydrogen-bond donors (Lipinski definition) is 1. The highest BCUT2D eigenvalue weighted by atomic mass is 16.5. The van der Waals surface area contributed by atoms with Crippen molar-refractivity contribution < 1.29 is 9.53 Å². The summed E-state index contributed by atoms with van der Waals surface area (Å²) in [6.45, 7) is 5.85. The fourth-order valence-corrected chi connectivity index (χ4v) is 2.89. The average Bonchev–Trinajstić information content (AvgIpc) is 2.63. The number of rotatable bonds is 3. The SMILES string of the molecule is CC(NC(=O)N1CCOCC1C)c1ccc(-c2ccncc2)cc1. The van der Waals surface area contributed by atoms with Crippen molar-refractivity contribution in [1.29, 1.82) is 0 Å². The van der Waals surface area contributed by atoms with Crippen LogP contribution in [0.15, 0.2) is 48.8 Å². The molecule has 1 aliphatic heterocycles. The predicted molar refractivity (Wildman–Crippen MR) is 93.6 cm³/mol. The highest BCUT2D eigenvalue weighted by molar-refractivity contribution is 5.75. The number of aromatic nitrogens is 1. The molecule has 0 bridgehead atoms. The van der Waals surface area contributed by atoms with Crippen LogP contribution in [-0.2, 0) is 4.74 Å². The molecular formula is C19H23N3O2. The molecule has 1 saturated heterocycles. The van der Waals surface area contributed by atoms with Gasteiger partial charge in [0, 0.05) is 18.9 Å². The molecule has 1 N–H and O–H groups in total. The Morgan fingerprint density at radius 1 is 1.21 bits per heavy atom. The van der Waals surface area contributed by atoms with Crippen LogP contribution >= 0.6 is 0 Å². The van der Waals surface area contributed by atoms with E-state index in [1.54, 1.807) is 12.4 Å². The summed E-state index contributed by atoms with van der Waals surface area (Å²) in [6, 6.07) is 12.3. The molecular weight excluding hydrogens is 302 g/mol. The van der Waals surface area contributed by atoms with Gasteiger partial charge in [0.05, 0.1) is 25.3 Å². The zero-order valence-electron chi connectivity index (χ0n) is 14.1. The first-order valence-electron chi connectivity index (χ1n) is 8.30. The summed E-state index contributed by atoms with van der Waals surface area (Å²) in [7, 11) is 0. The van der Waals surface area contributed by atoms with Crippen LogP contribution in [0.3, 0.4) is 0 Å². The number of pyridine rings is 1. The van der Waals surface area contributed by atoms with Gasteiger partial charge in [-0.05, 0) is 42.7 Å². The number of benzene rings is 1. The van der Waals surface area contributed by atoms with E-state index in [1.165, 1.54) is 0 Å². The lowest BCUT2D eigenvalue weighted by Crippen LogP contribution is -2.51. The summed E-state index contributed by atoms with van der Waals surface area (Å²) in [5.41, 5.74) is 3.36. The Hall–Kier alpha value is -2.40. The number of ether oxygens (including phenoxy) is 1. The molecule has 2 amide bonds. The largest absolute Gasteiger partial charge is 0.377 e. The fourth-order valence-electron chi connectivity index (χ4n) is 2.89. The summed E-state index contributed by atoms with van der Waals surface area (Å²) >= 11 is 0. The van der Waals surface area contributed by atoms with Gasteiger partial charge < -0.3 is 15.0 Å². The molecule has 0 spiro atoms. The molecule has 2 unspecified atom stereocenters. The van der Waals surface area contributed by atoms with Crippen molar-refractivity contribution in [3.8, 4) is 11.1 Å². The maximum atomic E-state index is 12.4. The molecule has 0 aliphatic carbocycles. The van der Waals surface area contributed by atoms with E-state index >= 15 is 0 Å². The Morgan fingerprint density at radius 2 is 1.88 bits per heavy atom. The lowest BCUT2D eigenvalue weighted by molar-refractivity contribution is 0.0185. The third-order valence-electron chi connectivity index (χ3n) is 4.39. The van der Waals surface area contributed by atoms with Gasteiger partial charge in [0.25, 0.3) is 0 Å². The van der Waals surface area contributed by atoms with Gasteiger partial charge >= 0.3 is 6.03 Å². The minimum atomic E-state index is -0.0426. The maximum absolute atomic E-state index is 12.4. The Kier molecular flexibility index (Phi) is 5.11. The predicted octanol–water partition coefficient (Wildman–Crippen LogP) is 3.24. The van der Waals surface area contributed by atoms with Crippen molar-refractivity contribution in [2.45, 2.75) is 25.9 Å². The second-order valence-corrected chi connectivity index (χ2v) is 6.15. The molecule has 126 valence electrons. The Morgan fingerprint density at radius 3 is 2.54 bits per heavy atom. The molecule has 1 aromatic carbocycles. The second-order valence-electron chi connectivity index (χ2n) is 6.15. The highest BCUT2D eigenvalue weighted by Gasteiger charge is 2.24. The summed E-state index contributed by atoms with van der Waals surface area (Å²) in [5, 5.41) is 3.08. The summed E-state index contributed by atoms with van der Waals surface area (Å²) in [5.74, 6) is 0. The monoisotopic (exact) mass is 325 g/mol. The zero-order valence-corrected chi connectivity index (χ0v) is 14.1. The molecule has 1 aliphatic rings. The first kappa shape index (κ1) is 16.5. The average molecular weight is 325 g/mol.